The second-order valence-corrected chi connectivity index (χ2v) is 8.54. The van der Waals surface area contributed by atoms with E-state index in [0.717, 1.165) is 31.4 Å². The van der Waals surface area contributed by atoms with Crippen molar-refractivity contribution < 1.29 is 22.6 Å². The summed E-state index contributed by atoms with van der Waals surface area (Å²) in [6, 6.07) is 14.9. The lowest BCUT2D eigenvalue weighted by atomic mass is 9.91. The van der Waals surface area contributed by atoms with Crippen molar-refractivity contribution in [3.05, 3.63) is 77.6 Å². The van der Waals surface area contributed by atoms with Crippen LogP contribution in [0.15, 0.2) is 54.6 Å². The van der Waals surface area contributed by atoms with Crippen molar-refractivity contribution in [3.8, 4) is 28.0 Å². The molecule has 1 fully saturated rings. The summed E-state index contributed by atoms with van der Waals surface area (Å²) in [5.41, 5.74) is 2.63. The summed E-state index contributed by atoms with van der Waals surface area (Å²) in [6.07, 6.45) is 4.26. The van der Waals surface area contributed by atoms with E-state index < -0.39 is 11.6 Å². The average molecular weight is 455 g/mol. The zero-order valence-corrected chi connectivity index (χ0v) is 19.0. The van der Waals surface area contributed by atoms with E-state index in [1.165, 1.54) is 18.6 Å². The molecule has 33 heavy (non-hydrogen) atoms. The first-order valence-corrected chi connectivity index (χ1v) is 11.6. The Labute approximate surface area is 193 Å². The first-order valence-electron chi connectivity index (χ1n) is 11.6. The first-order chi connectivity index (χ1) is 16.0. The van der Waals surface area contributed by atoms with E-state index in [4.69, 9.17) is 9.47 Å². The summed E-state index contributed by atoms with van der Waals surface area (Å²) in [6.45, 7) is 4.87. The number of halogens is 3. The topological polar surface area (TPSA) is 18.5 Å². The van der Waals surface area contributed by atoms with Gasteiger partial charge in [0, 0.05) is 11.1 Å². The monoisotopic (exact) mass is 454 g/mol. The van der Waals surface area contributed by atoms with E-state index in [1.54, 1.807) is 43.3 Å². The maximum absolute atomic E-state index is 15.0. The van der Waals surface area contributed by atoms with Crippen molar-refractivity contribution in [2.24, 2.45) is 5.92 Å². The summed E-state index contributed by atoms with van der Waals surface area (Å²) in [5.74, 6) is -1.80. The molecule has 2 nitrogen and oxygen atoms in total. The quantitative estimate of drug-likeness (QED) is 0.359. The molecule has 174 valence electrons. The van der Waals surface area contributed by atoms with Gasteiger partial charge in [-0.15, -0.1) is 0 Å². The third-order valence-corrected chi connectivity index (χ3v) is 6.29. The number of benzene rings is 3. The molecule has 0 radical (unpaired) electrons. The number of hydrogen-bond donors (Lipinski definition) is 0. The van der Waals surface area contributed by atoms with Gasteiger partial charge < -0.3 is 9.47 Å². The summed E-state index contributed by atoms with van der Waals surface area (Å²) in [4.78, 5) is 0. The average Bonchev–Trinajstić information content (AvgIpc) is 2.83. The molecule has 0 aliphatic carbocycles. The lowest BCUT2D eigenvalue weighted by Crippen LogP contribution is -2.20. The molecule has 0 saturated carbocycles. The van der Waals surface area contributed by atoms with Crippen LogP contribution in [-0.2, 0) is 4.74 Å². The molecule has 3 aromatic carbocycles. The number of rotatable bonds is 7. The Kier molecular flexibility index (Phi) is 7.39. The fourth-order valence-corrected chi connectivity index (χ4v) is 4.52. The van der Waals surface area contributed by atoms with Gasteiger partial charge in [-0.2, -0.15) is 4.39 Å². The first kappa shape index (κ1) is 23.4. The largest absolute Gasteiger partial charge is 0.491 e. The minimum Gasteiger partial charge on any atom is -0.491 e. The van der Waals surface area contributed by atoms with Crippen molar-refractivity contribution in [2.45, 2.75) is 45.6 Å². The Bertz CT molecular complexity index is 1090. The molecule has 2 unspecified atom stereocenters. The zero-order chi connectivity index (χ0) is 23.4. The van der Waals surface area contributed by atoms with Crippen molar-refractivity contribution in [1.82, 2.24) is 0 Å². The molecule has 0 spiro atoms. The molecule has 2 atom stereocenters. The second kappa shape index (κ2) is 10.4. The predicted octanol–water partition coefficient (Wildman–Crippen LogP) is 8.10. The number of hydrogen-bond acceptors (Lipinski definition) is 2. The van der Waals surface area contributed by atoms with Crippen LogP contribution < -0.4 is 4.74 Å². The van der Waals surface area contributed by atoms with E-state index in [-0.39, 0.29) is 29.8 Å². The lowest BCUT2D eigenvalue weighted by Gasteiger charge is -2.29. The van der Waals surface area contributed by atoms with E-state index >= 15 is 0 Å². The van der Waals surface area contributed by atoms with Crippen molar-refractivity contribution in [1.29, 1.82) is 0 Å². The fourth-order valence-electron chi connectivity index (χ4n) is 4.52. The SMILES string of the molecule is CCCC1CCC(c2ccc(-c3ccc(-c4ccc(OCC)c(F)c4F)cc3)c(F)c2)OC1. The minimum absolute atomic E-state index is 0.0680. The van der Waals surface area contributed by atoms with Crippen LogP contribution in [0, 0.1) is 23.4 Å². The maximum Gasteiger partial charge on any atom is 0.201 e. The van der Waals surface area contributed by atoms with Crippen LogP contribution in [-0.4, -0.2) is 13.2 Å². The summed E-state index contributed by atoms with van der Waals surface area (Å²) < 4.78 is 54.8. The van der Waals surface area contributed by atoms with E-state index in [1.807, 2.05) is 6.07 Å². The molecule has 0 N–H and O–H groups in total. The van der Waals surface area contributed by atoms with Crippen LogP contribution in [0.25, 0.3) is 22.3 Å². The van der Waals surface area contributed by atoms with Crippen LogP contribution in [0.3, 0.4) is 0 Å². The molecular weight excluding hydrogens is 425 g/mol. The van der Waals surface area contributed by atoms with Gasteiger partial charge in [0.05, 0.1) is 19.3 Å². The van der Waals surface area contributed by atoms with Gasteiger partial charge in [-0.3, -0.25) is 0 Å². The van der Waals surface area contributed by atoms with Gasteiger partial charge in [-0.05, 0) is 67.0 Å². The van der Waals surface area contributed by atoms with Crippen LogP contribution in [0.4, 0.5) is 13.2 Å². The fraction of sp³-hybridized carbons (Fsp3) is 0.357. The van der Waals surface area contributed by atoms with Gasteiger partial charge in [-0.25, -0.2) is 8.78 Å². The smallest absolute Gasteiger partial charge is 0.201 e. The Morgan fingerprint density at radius 3 is 2.15 bits per heavy atom. The summed E-state index contributed by atoms with van der Waals surface area (Å²) >= 11 is 0. The lowest BCUT2D eigenvalue weighted by molar-refractivity contribution is -0.0195. The Morgan fingerprint density at radius 1 is 0.848 bits per heavy atom. The van der Waals surface area contributed by atoms with E-state index in [9.17, 15) is 13.2 Å². The molecule has 0 bridgehead atoms. The molecule has 0 amide bonds. The molecule has 5 heteroatoms. The van der Waals surface area contributed by atoms with Gasteiger partial charge >= 0.3 is 0 Å². The van der Waals surface area contributed by atoms with Crippen LogP contribution in [0.2, 0.25) is 0 Å². The Hall–Kier alpha value is -2.79. The standard InChI is InChI=1S/C28H29F3O2/c1-3-5-18-6-14-25(33-17-18)21-11-12-22(24(29)16-21)19-7-9-20(10-8-19)23-13-15-26(32-4-2)28(31)27(23)30/h7-13,15-16,18,25H,3-6,14,17H2,1-2H3. The maximum atomic E-state index is 15.0. The third-order valence-electron chi connectivity index (χ3n) is 6.29. The highest BCUT2D eigenvalue weighted by Gasteiger charge is 2.23. The van der Waals surface area contributed by atoms with Gasteiger partial charge in [0.15, 0.2) is 11.6 Å². The Morgan fingerprint density at radius 2 is 1.55 bits per heavy atom. The molecule has 1 heterocycles. The van der Waals surface area contributed by atoms with Crippen LogP contribution in [0.1, 0.15) is 51.2 Å². The number of ether oxygens (including phenoxy) is 2. The van der Waals surface area contributed by atoms with E-state index in [2.05, 4.69) is 6.92 Å². The molecule has 1 saturated heterocycles. The molecule has 3 aromatic rings. The summed E-state index contributed by atoms with van der Waals surface area (Å²) in [5, 5.41) is 0. The van der Waals surface area contributed by atoms with E-state index in [0.29, 0.717) is 22.6 Å². The van der Waals surface area contributed by atoms with Crippen LogP contribution >= 0.6 is 0 Å². The Balaban J connectivity index is 1.51. The predicted molar refractivity (Wildman–Crippen MR) is 125 cm³/mol. The highest BCUT2D eigenvalue weighted by atomic mass is 19.2. The van der Waals surface area contributed by atoms with Gasteiger partial charge in [0.2, 0.25) is 5.82 Å². The van der Waals surface area contributed by atoms with Crippen molar-refractivity contribution in [3.63, 3.8) is 0 Å². The highest BCUT2D eigenvalue weighted by molar-refractivity contribution is 5.71. The van der Waals surface area contributed by atoms with Gasteiger partial charge in [-0.1, -0.05) is 49.7 Å². The molecular formula is C28H29F3O2. The normalized spacial score (nSPS) is 18.3. The highest BCUT2D eigenvalue weighted by Crippen LogP contribution is 2.35. The molecule has 0 aromatic heterocycles. The molecule has 4 rings (SSSR count). The zero-order valence-electron chi connectivity index (χ0n) is 19.0. The molecule has 1 aliphatic rings. The summed E-state index contributed by atoms with van der Waals surface area (Å²) in [7, 11) is 0. The van der Waals surface area contributed by atoms with Gasteiger partial charge in [0.25, 0.3) is 0 Å². The second-order valence-electron chi connectivity index (χ2n) is 8.54. The van der Waals surface area contributed by atoms with Crippen molar-refractivity contribution >= 4 is 0 Å². The third kappa shape index (κ3) is 5.09. The minimum atomic E-state index is -1.01. The van der Waals surface area contributed by atoms with Crippen molar-refractivity contribution in [2.75, 3.05) is 13.2 Å². The van der Waals surface area contributed by atoms with Crippen LogP contribution in [0.5, 0.6) is 5.75 Å². The molecule has 1 aliphatic heterocycles. The van der Waals surface area contributed by atoms with Gasteiger partial charge in [0.1, 0.15) is 5.82 Å².